The fourth-order valence-electron chi connectivity index (χ4n) is 3.92. The molecule has 3 aromatic carbocycles. The highest BCUT2D eigenvalue weighted by molar-refractivity contribution is 6.15. The van der Waals surface area contributed by atoms with Crippen molar-refractivity contribution in [3.63, 3.8) is 0 Å². The summed E-state index contributed by atoms with van der Waals surface area (Å²) < 4.78 is 15.5. The number of ether oxygens (including phenoxy) is 3. The summed E-state index contributed by atoms with van der Waals surface area (Å²) in [5, 5.41) is 9.78. The highest BCUT2D eigenvalue weighted by Crippen LogP contribution is 2.36. The number of carbonyl (C=O) groups excluding carboxylic acids is 3. The molecular weight excluding hydrogens is 476 g/mol. The van der Waals surface area contributed by atoms with Crippen molar-refractivity contribution >= 4 is 51.2 Å². The topological polar surface area (TPSA) is 128 Å². The van der Waals surface area contributed by atoms with Crippen molar-refractivity contribution in [2.75, 3.05) is 38.4 Å². The first-order valence-corrected chi connectivity index (χ1v) is 11.4. The molecule has 4 aromatic rings. The molecule has 0 fully saturated rings. The lowest BCUT2D eigenvalue weighted by atomic mass is 10.0. The second-order valence-corrected chi connectivity index (χ2v) is 7.96. The molecule has 0 saturated carbocycles. The first kappa shape index (κ1) is 25.2. The van der Waals surface area contributed by atoms with Gasteiger partial charge in [-0.25, -0.2) is 9.78 Å². The normalized spacial score (nSPS) is 10.6. The van der Waals surface area contributed by atoms with Crippen LogP contribution in [0.1, 0.15) is 15.9 Å². The molecule has 3 N–H and O–H groups in total. The summed E-state index contributed by atoms with van der Waals surface area (Å²) >= 11 is 0. The fraction of sp³-hybridized carbons (Fsp3) is 0.185. The van der Waals surface area contributed by atoms with E-state index in [9.17, 15) is 14.4 Å². The number of anilines is 2. The van der Waals surface area contributed by atoms with E-state index in [1.165, 1.54) is 7.11 Å². The molecule has 0 aliphatic heterocycles. The van der Waals surface area contributed by atoms with Gasteiger partial charge in [0.25, 0.3) is 5.91 Å². The Bertz CT molecular complexity index is 1490. The summed E-state index contributed by atoms with van der Waals surface area (Å²) in [6.45, 7) is -0.112. The Kier molecular flexibility index (Phi) is 7.68. The lowest BCUT2D eigenvalue weighted by Crippen LogP contribution is -2.19. The largest absolute Gasteiger partial charge is 0.494 e. The van der Waals surface area contributed by atoms with Crippen LogP contribution in [0.4, 0.5) is 16.2 Å². The summed E-state index contributed by atoms with van der Waals surface area (Å²) in [6.07, 6.45) is -0.591. The molecule has 190 valence electrons. The molecule has 0 unspecified atom stereocenters. The van der Waals surface area contributed by atoms with E-state index >= 15 is 0 Å². The first-order chi connectivity index (χ1) is 17.9. The van der Waals surface area contributed by atoms with Crippen molar-refractivity contribution in [1.82, 2.24) is 10.3 Å². The maximum Gasteiger partial charge on any atom is 0.411 e. The van der Waals surface area contributed by atoms with E-state index in [1.54, 1.807) is 56.6 Å². The molecule has 10 nitrogen and oxygen atoms in total. The van der Waals surface area contributed by atoms with Crippen molar-refractivity contribution in [2.45, 2.75) is 6.61 Å². The predicted octanol–water partition coefficient (Wildman–Crippen LogP) is 4.09. The number of rotatable bonds is 8. The number of hydrogen-bond donors (Lipinski definition) is 3. The molecule has 1 heterocycles. The molecule has 0 spiro atoms. The molecule has 0 aliphatic rings. The van der Waals surface area contributed by atoms with Crippen molar-refractivity contribution < 1.29 is 28.6 Å². The van der Waals surface area contributed by atoms with Crippen LogP contribution in [-0.4, -0.2) is 50.8 Å². The van der Waals surface area contributed by atoms with Gasteiger partial charge in [-0.2, -0.15) is 0 Å². The van der Waals surface area contributed by atoms with E-state index in [4.69, 9.17) is 14.5 Å². The van der Waals surface area contributed by atoms with Gasteiger partial charge in [0.1, 0.15) is 24.4 Å². The predicted molar refractivity (Wildman–Crippen MR) is 140 cm³/mol. The second kappa shape index (κ2) is 11.3. The summed E-state index contributed by atoms with van der Waals surface area (Å²) in [4.78, 5) is 41.3. The molecule has 10 heteroatoms. The Morgan fingerprint density at radius 2 is 1.65 bits per heavy atom. The monoisotopic (exact) mass is 502 g/mol. The van der Waals surface area contributed by atoms with E-state index in [0.29, 0.717) is 44.7 Å². The van der Waals surface area contributed by atoms with Crippen LogP contribution >= 0.6 is 0 Å². The summed E-state index contributed by atoms with van der Waals surface area (Å²) in [5.41, 5.74) is 3.28. The fourth-order valence-corrected chi connectivity index (χ4v) is 3.92. The zero-order valence-corrected chi connectivity index (χ0v) is 20.6. The van der Waals surface area contributed by atoms with E-state index in [-0.39, 0.29) is 19.1 Å². The average Bonchev–Trinajstić information content (AvgIpc) is 2.93. The highest BCUT2D eigenvalue weighted by Gasteiger charge is 2.18. The number of nitrogens with one attached hydrogen (secondary N) is 3. The molecule has 0 atom stereocenters. The Balaban J connectivity index is 1.58. The Morgan fingerprint density at radius 1 is 0.919 bits per heavy atom. The Labute approximate surface area is 212 Å². The lowest BCUT2D eigenvalue weighted by Gasteiger charge is -2.16. The number of benzene rings is 3. The Morgan fingerprint density at radius 3 is 2.38 bits per heavy atom. The average molecular weight is 503 g/mol. The van der Waals surface area contributed by atoms with Crippen molar-refractivity contribution in [3.05, 3.63) is 71.8 Å². The van der Waals surface area contributed by atoms with Gasteiger partial charge in [-0.05, 0) is 29.8 Å². The molecule has 1 aromatic heterocycles. The molecule has 37 heavy (non-hydrogen) atoms. The van der Waals surface area contributed by atoms with Gasteiger partial charge in [-0.15, -0.1) is 0 Å². The smallest absolute Gasteiger partial charge is 0.411 e. The zero-order valence-electron chi connectivity index (χ0n) is 20.6. The maximum atomic E-state index is 12.6. The molecule has 0 radical (unpaired) electrons. The number of fused-ring (bicyclic) bond motifs is 2. The van der Waals surface area contributed by atoms with Gasteiger partial charge < -0.3 is 24.8 Å². The van der Waals surface area contributed by atoms with Gasteiger partial charge in [0.05, 0.1) is 31.0 Å². The van der Waals surface area contributed by atoms with Gasteiger partial charge in [0.15, 0.2) is 0 Å². The third kappa shape index (κ3) is 5.53. The molecule has 4 rings (SSSR count). The van der Waals surface area contributed by atoms with Crippen LogP contribution in [0.2, 0.25) is 0 Å². The number of amides is 2. The minimum absolute atomic E-state index is 0.0175. The van der Waals surface area contributed by atoms with E-state index in [1.807, 2.05) is 18.2 Å². The van der Waals surface area contributed by atoms with Gasteiger partial charge in [-0.1, -0.05) is 36.4 Å². The van der Waals surface area contributed by atoms with Crippen LogP contribution in [0.3, 0.4) is 0 Å². The van der Waals surface area contributed by atoms with Crippen LogP contribution in [0.5, 0.6) is 5.75 Å². The number of pyridine rings is 1. The number of nitrogens with zero attached hydrogens (tertiary/aromatic N) is 1. The zero-order chi connectivity index (χ0) is 26.4. The third-order valence-corrected chi connectivity index (χ3v) is 5.66. The Hall–Kier alpha value is -4.86. The quantitative estimate of drug-likeness (QED) is 0.243. The van der Waals surface area contributed by atoms with Gasteiger partial charge >= 0.3 is 12.1 Å². The number of hydrogen-bond acceptors (Lipinski definition) is 8. The lowest BCUT2D eigenvalue weighted by molar-refractivity contribution is -0.142. The van der Waals surface area contributed by atoms with Crippen molar-refractivity contribution in [1.29, 1.82) is 0 Å². The number of carbonyl (C=O) groups is 3. The second-order valence-electron chi connectivity index (χ2n) is 7.96. The van der Waals surface area contributed by atoms with Crippen LogP contribution < -0.4 is 20.7 Å². The first-order valence-electron chi connectivity index (χ1n) is 11.4. The third-order valence-electron chi connectivity index (χ3n) is 5.66. The van der Waals surface area contributed by atoms with E-state index < -0.39 is 12.1 Å². The minimum atomic E-state index is -0.591. The number of esters is 1. The molecule has 0 aliphatic carbocycles. The van der Waals surface area contributed by atoms with Gasteiger partial charge in [0, 0.05) is 23.5 Å². The van der Waals surface area contributed by atoms with Crippen molar-refractivity contribution in [3.8, 4) is 5.75 Å². The van der Waals surface area contributed by atoms with Crippen LogP contribution in [-0.2, 0) is 20.9 Å². The number of para-hydroxylation sites is 2. The van der Waals surface area contributed by atoms with E-state index in [2.05, 4.69) is 20.7 Å². The molecule has 0 bridgehead atoms. The van der Waals surface area contributed by atoms with Crippen LogP contribution in [0.15, 0.2) is 60.7 Å². The molecular formula is C27H26N4O6. The summed E-state index contributed by atoms with van der Waals surface area (Å²) in [5.74, 6) is -0.228. The maximum absolute atomic E-state index is 12.6. The SMILES string of the molecule is CNC(=O)c1cccc2c(NCC(=O)OCc3cccc(NC(=O)OC)c3)c3cccc(OC)c3nc12. The van der Waals surface area contributed by atoms with Gasteiger partial charge in [-0.3, -0.25) is 14.9 Å². The number of methoxy groups -OCH3 is 2. The highest BCUT2D eigenvalue weighted by atomic mass is 16.5. The van der Waals surface area contributed by atoms with Crippen molar-refractivity contribution in [2.24, 2.45) is 0 Å². The summed E-state index contributed by atoms with van der Waals surface area (Å²) in [6, 6.07) is 17.7. The minimum Gasteiger partial charge on any atom is -0.494 e. The van der Waals surface area contributed by atoms with E-state index in [0.717, 1.165) is 5.39 Å². The summed E-state index contributed by atoms with van der Waals surface area (Å²) in [7, 11) is 4.38. The molecule has 0 saturated heterocycles. The van der Waals surface area contributed by atoms with Crippen LogP contribution in [0.25, 0.3) is 21.8 Å². The standard InChI is InChI=1S/C27H26N4O6/c1-28-26(33)20-11-5-9-18-23(19-10-6-12-21(35-2)25(19)31-24(18)20)29-14-22(32)37-15-16-7-4-8-17(13-16)30-27(34)36-3/h4-13H,14-15H2,1-3H3,(H,28,33)(H,29,31)(H,30,34). The van der Waals surface area contributed by atoms with Crippen LogP contribution in [0, 0.1) is 0 Å². The molecule has 2 amide bonds. The van der Waals surface area contributed by atoms with Gasteiger partial charge in [0.2, 0.25) is 0 Å². The number of aromatic nitrogens is 1.